The Balaban J connectivity index is 1.80. The van der Waals surface area contributed by atoms with Gasteiger partial charge >= 0.3 is 0 Å². The molecule has 0 unspecified atom stereocenters. The summed E-state index contributed by atoms with van der Waals surface area (Å²) < 4.78 is 5.80. The zero-order valence-corrected chi connectivity index (χ0v) is 13.1. The predicted octanol–water partition coefficient (Wildman–Crippen LogP) is 2.80. The van der Waals surface area contributed by atoms with Crippen LogP contribution in [0.15, 0.2) is 63.9 Å². The Morgan fingerprint density at radius 2 is 1.91 bits per heavy atom. The van der Waals surface area contributed by atoms with Crippen molar-refractivity contribution >= 4 is 21.8 Å². The summed E-state index contributed by atoms with van der Waals surface area (Å²) in [4.78, 5) is 13.8. The smallest absolute Gasteiger partial charge is 0.287 e. The summed E-state index contributed by atoms with van der Waals surface area (Å²) in [5, 5.41) is 11.1. The molecule has 22 heavy (non-hydrogen) atoms. The van der Waals surface area contributed by atoms with Gasteiger partial charge in [-0.2, -0.15) is 15.0 Å². The van der Waals surface area contributed by atoms with Crippen molar-refractivity contribution in [2.24, 2.45) is 0 Å². The van der Waals surface area contributed by atoms with Crippen molar-refractivity contribution in [3.8, 4) is 0 Å². The quantitative estimate of drug-likeness (QED) is 0.759. The van der Waals surface area contributed by atoms with Crippen LogP contribution in [0.25, 0.3) is 0 Å². The molecule has 0 aliphatic heterocycles. The van der Waals surface area contributed by atoms with Crippen LogP contribution < -0.4 is 5.32 Å². The maximum Gasteiger partial charge on any atom is 0.287 e. The summed E-state index contributed by atoms with van der Waals surface area (Å²) in [5.74, 6) is -0.0343. The second kappa shape index (κ2) is 6.57. The van der Waals surface area contributed by atoms with Gasteiger partial charge in [-0.05, 0) is 33.6 Å². The molecular weight excluding hydrogens is 348 g/mol. The third-order valence-electron chi connectivity index (χ3n) is 3.12. The van der Waals surface area contributed by atoms with Gasteiger partial charge in [0.15, 0.2) is 10.4 Å². The molecule has 0 bridgehead atoms. The van der Waals surface area contributed by atoms with Crippen LogP contribution in [-0.2, 0) is 6.54 Å². The fraction of sp³-hybridized carbons (Fsp3) is 0.133. The van der Waals surface area contributed by atoms with E-state index in [-0.39, 0.29) is 17.7 Å². The molecule has 1 aromatic carbocycles. The molecule has 6 nitrogen and oxygen atoms in total. The van der Waals surface area contributed by atoms with Gasteiger partial charge in [0.2, 0.25) is 0 Å². The Morgan fingerprint density at radius 1 is 1.18 bits per heavy atom. The van der Waals surface area contributed by atoms with Gasteiger partial charge in [-0.15, -0.1) is 0 Å². The molecule has 3 aromatic rings. The summed E-state index contributed by atoms with van der Waals surface area (Å²) in [5.41, 5.74) is 0.971. The number of furan rings is 1. The summed E-state index contributed by atoms with van der Waals surface area (Å²) in [6.45, 7) is 0.435. The van der Waals surface area contributed by atoms with E-state index < -0.39 is 0 Å². The van der Waals surface area contributed by atoms with Crippen LogP contribution in [0.3, 0.4) is 0 Å². The van der Waals surface area contributed by atoms with Crippen LogP contribution in [0, 0.1) is 0 Å². The van der Waals surface area contributed by atoms with E-state index in [0.717, 1.165) is 5.56 Å². The molecule has 0 spiro atoms. The lowest BCUT2D eigenvalue weighted by molar-refractivity contribution is 0.0901. The second-order valence-corrected chi connectivity index (χ2v) is 5.41. The van der Waals surface area contributed by atoms with Crippen molar-refractivity contribution in [2.45, 2.75) is 12.6 Å². The maximum atomic E-state index is 12.3. The van der Waals surface area contributed by atoms with Crippen molar-refractivity contribution in [3.63, 3.8) is 0 Å². The van der Waals surface area contributed by atoms with Crippen LogP contribution in [0.1, 0.15) is 22.2 Å². The monoisotopic (exact) mass is 360 g/mol. The lowest BCUT2D eigenvalue weighted by Crippen LogP contribution is -2.31. The van der Waals surface area contributed by atoms with Crippen molar-refractivity contribution in [1.29, 1.82) is 0 Å². The van der Waals surface area contributed by atoms with Gasteiger partial charge in [0.05, 0.1) is 25.0 Å². The molecule has 0 saturated carbocycles. The van der Waals surface area contributed by atoms with E-state index in [9.17, 15) is 4.79 Å². The summed E-state index contributed by atoms with van der Waals surface area (Å²) in [6.07, 6.45) is 3.21. The van der Waals surface area contributed by atoms with E-state index in [2.05, 4.69) is 31.4 Å². The third kappa shape index (κ3) is 3.43. The van der Waals surface area contributed by atoms with E-state index >= 15 is 0 Å². The first-order valence-electron chi connectivity index (χ1n) is 6.67. The van der Waals surface area contributed by atoms with Gasteiger partial charge in [0.1, 0.15) is 0 Å². The number of amides is 1. The van der Waals surface area contributed by atoms with Crippen LogP contribution in [-0.4, -0.2) is 20.9 Å². The Labute approximate surface area is 135 Å². The standard InChI is InChI=1S/C15H13BrN4O2/c16-14-7-6-13(22-14)15(21)19-12(10-20-17-8-9-18-20)11-4-2-1-3-5-11/h1-9,12H,10H2,(H,19,21)/t12-/m1/s1. The molecule has 1 amide bonds. The number of halogens is 1. The van der Waals surface area contributed by atoms with Gasteiger partial charge in [-0.3, -0.25) is 4.79 Å². The molecule has 1 atom stereocenters. The topological polar surface area (TPSA) is 73.0 Å². The third-order valence-corrected chi connectivity index (χ3v) is 3.54. The zero-order chi connectivity index (χ0) is 15.4. The number of carbonyl (C=O) groups is 1. The largest absolute Gasteiger partial charge is 0.444 e. The number of hydrogen-bond acceptors (Lipinski definition) is 4. The summed E-state index contributed by atoms with van der Waals surface area (Å²) in [6, 6.07) is 12.7. The minimum atomic E-state index is -0.285. The number of rotatable bonds is 5. The number of benzene rings is 1. The van der Waals surface area contributed by atoms with Gasteiger partial charge in [-0.1, -0.05) is 30.3 Å². The fourth-order valence-electron chi connectivity index (χ4n) is 2.09. The number of nitrogens with one attached hydrogen (secondary N) is 1. The average molecular weight is 361 g/mol. The van der Waals surface area contributed by atoms with E-state index in [4.69, 9.17) is 4.42 Å². The average Bonchev–Trinajstić information content (AvgIpc) is 3.19. The maximum absolute atomic E-state index is 12.3. The SMILES string of the molecule is O=C(N[C@H](Cn1nccn1)c1ccccc1)c1ccc(Br)o1. The molecular formula is C15H13BrN4O2. The van der Waals surface area contributed by atoms with E-state index in [0.29, 0.717) is 11.2 Å². The summed E-state index contributed by atoms with van der Waals surface area (Å²) in [7, 11) is 0. The zero-order valence-electron chi connectivity index (χ0n) is 11.5. The van der Waals surface area contributed by atoms with E-state index in [1.54, 1.807) is 24.5 Å². The van der Waals surface area contributed by atoms with Gasteiger partial charge in [0.25, 0.3) is 5.91 Å². The van der Waals surface area contributed by atoms with Crippen LogP contribution in [0.2, 0.25) is 0 Å². The molecule has 3 rings (SSSR count). The minimum Gasteiger partial charge on any atom is -0.444 e. The normalized spacial score (nSPS) is 12.0. The first kappa shape index (κ1) is 14.5. The van der Waals surface area contributed by atoms with Crippen molar-refractivity contribution in [1.82, 2.24) is 20.3 Å². The number of aromatic nitrogens is 3. The first-order valence-corrected chi connectivity index (χ1v) is 7.47. The van der Waals surface area contributed by atoms with Crippen molar-refractivity contribution in [2.75, 3.05) is 0 Å². The highest BCUT2D eigenvalue weighted by Crippen LogP contribution is 2.18. The molecule has 7 heteroatoms. The van der Waals surface area contributed by atoms with Gasteiger partial charge in [-0.25, -0.2) is 0 Å². The highest BCUT2D eigenvalue weighted by atomic mass is 79.9. The summed E-state index contributed by atoms with van der Waals surface area (Å²) >= 11 is 3.19. The Hall–Kier alpha value is -2.41. The Morgan fingerprint density at radius 3 is 2.55 bits per heavy atom. The molecule has 2 heterocycles. The van der Waals surface area contributed by atoms with E-state index in [1.165, 1.54) is 4.80 Å². The Kier molecular flexibility index (Phi) is 4.34. The molecule has 0 radical (unpaired) electrons. The number of nitrogens with zero attached hydrogens (tertiary/aromatic N) is 3. The lowest BCUT2D eigenvalue weighted by Gasteiger charge is -2.18. The second-order valence-electron chi connectivity index (χ2n) is 4.62. The molecule has 2 aromatic heterocycles. The van der Waals surface area contributed by atoms with Crippen LogP contribution in [0.5, 0.6) is 0 Å². The lowest BCUT2D eigenvalue weighted by atomic mass is 10.1. The molecule has 0 aliphatic rings. The van der Waals surface area contributed by atoms with Gasteiger partial charge < -0.3 is 9.73 Å². The van der Waals surface area contributed by atoms with Gasteiger partial charge in [0, 0.05) is 0 Å². The van der Waals surface area contributed by atoms with Crippen LogP contribution in [0.4, 0.5) is 0 Å². The fourth-order valence-corrected chi connectivity index (χ4v) is 2.39. The van der Waals surface area contributed by atoms with Crippen LogP contribution >= 0.6 is 15.9 Å². The minimum absolute atomic E-state index is 0.251. The molecule has 0 aliphatic carbocycles. The van der Waals surface area contributed by atoms with Crippen molar-refractivity contribution in [3.05, 3.63) is 70.9 Å². The highest BCUT2D eigenvalue weighted by Gasteiger charge is 2.19. The molecule has 0 saturated heterocycles. The Bertz CT molecular complexity index is 740. The van der Waals surface area contributed by atoms with Crippen molar-refractivity contribution < 1.29 is 9.21 Å². The first-order chi connectivity index (χ1) is 10.7. The van der Waals surface area contributed by atoms with E-state index in [1.807, 2.05) is 30.3 Å². The molecule has 0 fully saturated rings. The predicted molar refractivity (Wildman–Crippen MR) is 83.1 cm³/mol. The number of hydrogen-bond donors (Lipinski definition) is 1. The highest BCUT2D eigenvalue weighted by molar-refractivity contribution is 9.10. The molecule has 1 N–H and O–H groups in total. The number of carbonyl (C=O) groups excluding carboxylic acids is 1. The molecule has 112 valence electrons.